The number of rotatable bonds is 6. The molecule has 2 atom stereocenters. The predicted molar refractivity (Wildman–Crippen MR) is 124 cm³/mol. The van der Waals surface area contributed by atoms with Gasteiger partial charge in [0.1, 0.15) is 5.75 Å². The summed E-state index contributed by atoms with van der Waals surface area (Å²) in [6, 6.07) is 18.4. The zero-order valence-electron chi connectivity index (χ0n) is 17.9. The van der Waals surface area contributed by atoms with E-state index >= 15 is 0 Å². The second kappa shape index (κ2) is 8.94. The van der Waals surface area contributed by atoms with Crippen molar-refractivity contribution in [3.8, 4) is 5.75 Å². The molecule has 160 valence electrons. The van der Waals surface area contributed by atoms with Crippen molar-refractivity contribution in [2.24, 2.45) is 5.92 Å². The van der Waals surface area contributed by atoms with Gasteiger partial charge in [0.15, 0.2) is 0 Å². The van der Waals surface area contributed by atoms with Crippen LogP contribution in [0.2, 0.25) is 0 Å². The first-order chi connectivity index (χ1) is 15.0. The molecule has 1 aliphatic rings. The molecule has 0 bridgehead atoms. The van der Waals surface area contributed by atoms with Gasteiger partial charge in [-0.3, -0.25) is 9.59 Å². The molecule has 0 fully saturated rings. The number of benzene rings is 2. The van der Waals surface area contributed by atoms with Gasteiger partial charge in [-0.15, -0.1) is 11.3 Å². The van der Waals surface area contributed by atoms with Gasteiger partial charge in [-0.2, -0.15) is 0 Å². The summed E-state index contributed by atoms with van der Waals surface area (Å²) in [4.78, 5) is 30.1. The Morgan fingerprint density at radius 3 is 2.55 bits per heavy atom. The van der Waals surface area contributed by atoms with Crippen molar-refractivity contribution < 1.29 is 14.3 Å². The Hall–Kier alpha value is -3.12. The summed E-state index contributed by atoms with van der Waals surface area (Å²) in [5, 5.41) is 5.04. The average molecular weight is 435 g/mol. The molecule has 1 aliphatic heterocycles. The van der Waals surface area contributed by atoms with Gasteiger partial charge in [0.25, 0.3) is 5.91 Å². The van der Waals surface area contributed by atoms with Crippen molar-refractivity contribution in [1.82, 2.24) is 4.90 Å². The summed E-state index contributed by atoms with van der Waals surface area (Å²) in [6.45, 7) is 4.75. The van der Waals surface area contributed by atoms with Gasteiger partial charge in [0.2, 0.25) is 5.91 Å². The van der Waals surface area contributed by atoms with E-state index in [-0.39, 0.29) is 23.8 Å². The van der Waals surface area contributed by atoms with Crippen LogP contribution in [0.15, 0.2) is 66.0 Å². The van der Waals surface area contributed by atoms with E-state index in [1.807, 2.05) is 70.9 Å². The van der Waals surface area contributed by atoms with Crippen LogP contribution in [0.4, 0.5) is 5.69 Å². The van der Waals surface area contributed by atoms with E-state index in [0.717, 1.165) is 10.4 Å². The number of nitrogens with zero attached hydrogens (tertiary/aromatic N) is 1. The molecule has 6 heteroatoms. The van der Waals surface area contributed by atoms with Crippen LogP contribution in [-0.4, -0.2) is 30.4 Å². The molecule has 1 N–H and O–H groups in total. The number of nitrogens with one attached hydrogen (secondary N) is 1. The molecule has 0 saturated carbocycles. The van der Waals surface area contributed by atoms with Crippen LogP contribution >= 0.6 is 11.3 Å². The molecular weight excluding hydrogens is 408 g/mol. The summed E-state index contributed by atoms with van der Waals surface area (Å²) in [6.07, 6.45) is 0. The lowest BCUT2D eigenvalue weighted by Gasteiger charge is -2.42. The standard InChI is InChI=1S/C25H26N2O3S/c1-16(2)15-27-23(21-13-8-14-31-21)22(17-9-4-5-10-18(17)25(27)29)24(28)26-19-11-6-7-12-20(19)30-3/h4-14,16,22-23H,15H2,1-3H3,(H,26,28)/t22-,23+/m0/s1. The summed E-state index contributed by atoms with van der Waals surface area (Å²) in [5.74, 6) is 0.161. The van der Waals surface area contributed by atoms with E-state index in [9.17, 15) is 9.59 Å². The molecule has 3 aromatic rings. The van der Waals surface area contributed by atoms with Gasteiger partial charge >= 0.3 is 0 Å². The molecule has 0 saturated heterocycles. The van der Waals surface area contributed by atoms with E-state index < -0.39 is 5.92 Å². The lowest BCUT2D eigenvalue weighted by atomic mass is 9.81. The topological polar surface area (TPSA) is 58.6 Å². The second-order valence-corrected chi connectivity index (χ2v) is 9.05. The fraction of sp³-hybridized carbons (Fsp3) is 0.280. The van der Waals surface area contributed by atoms with E-state index in [4.69, 9.17) is 4.74 Å². The fourth-order valence-electron chi connectivity index (χ4n) is 4.20. The average Bonchev–Trinajstić information content (AvgIpc) is 3.30. The van der Waals surface area contributed by atoms with Crippen molar-refractivity contribution in [2.45, 2.75) is 25.8 Å². The van der Waals surface area contributed by atoms with Gasteiger partial charge in [-0.1, -0.05) is 50.2 Å². The van der Waals surface area contributed by atoms with Gasteiger partial charge in [0, 0.05) is 17.0 Å². The number of carbonyl (C=O) groups is 2. The van der Waals surface area contributed by atoms with Crippen LogP contribution < -0.4 is 10.1 Å². The first kappa shape index (κ1) is 21.1. The minimum Gasteiger partial charge on any atom is -0.495 e. The Kier molecular flexibility index (Phi) is 6.09. The molecule has 0 spiro atoms. The number of carbonyl (C=O) groups excluding carboxylic acids is 2. The highest BCUT2D eigenvalue weighted by Gasteiger charge is 2.44. The zero-order valence-corrected chi connectivity index (χ0v) is 18.7. The van der Waals surface area contributed by atoms with Gasteiger partial charge in [-0.05, 0) is 41.1 Å². The number of hydrogen-bond acceptors (Lipinski definition) is 4. The largest absolute Gasteiger partial charge is 0.495 e. The van der Waals surface area contributed by atoms with Crippen molar-refractivity contribution >= 4 is 28.8 Å². The molecule has 31 heavy (non-hydrogen) atoms. The number of hydrogen-bond donors (Lipinski definition) is 1. The normalized spacial score (nSPS) is 18.1. The molecule has 5 nitrogen and oxygen atoms in total. The monoisotopic (exact) mass is 434 g/mol. The van der Waals surface area contributed by atoms with E-state index in [1.54, 1.807) is 18.4 Å². The van der Waals surface area contributed by atoms with Crippen LogP contribution in [0.3, 0.4) is 0 Å². The van der Waals surface area contributed by atoms with Crippen molar-refractivity contribution in [2.75, 3.05) is 19.0 Å². The van der Waals surface area contributed by atoms with Crippen LogP contribution in [0.1, 0.15) is 46.6 Å². The maximum Gasteiger partial charge on any atom is 0.254 e. The van der Waals surface area contributed by atoms with Crippen LogP contribution in [0.25, 0.3) is 0 Å². The maximum absolute atomic E-state index is 13.7. The molecule has 0 radical (unpaired) electrons. The number of para-hydroxylation sites is 2. The van der Waals surface area contributed by atoms with E-state index in [0.29, 0.717) is 23.5 Å². The van der Waals surface area contributed by atoms with Gasteiger partial charge < -0.3 is 15.0 Å². The first-order valence-electron chi connectivity index (χ1n) is 10.4. The van der Waals surface area contributed by atoms with Gasteiger partial charge in [0.05, 0.1) is 24.8 Å². The molecule has 0 unspecified atom stereocenters. The third-order valence-electron chi connectivity index (χ3n) is 5.48. The van der Waals surface area contributed by atoms with Crippen LogP contribution in [0, 0.1) is 5.92 Å². The molecular formula is C25H26N2O3S. The summed E-state index contributed by atoms with van der Waals surface area (Å²) >= 11 is 1.57. The number of amides is 2. The third kappa shape index (κ3) is 4.08. The smallest absolute Gasteiger partial charge is 0.254 e. The highest BCUT2D eigenvalue weighted by molar-refractivity contribution is 7.10. The Morgan fingerprint density at radius 2 is 1.84 bits per heavy atom. The summed E-state index contributed by atoms with van der Waals surface area (Å²) in [7, 11) is 1.58. The number of fused-ring (bicyclic) bond motifs is 1. The zero-order chi connectivity index (χ0) is 22.0. The number of methoxy groups -OCH3 is 1. The molecule has 2 heterocycles. The SMILES string of the molecule is COc1ccccc1NC(=O)[C@H]1c2ccccc2C(=O)N(CC(C)C)[C@@H]1c1cccs1. The molecule has 1 aromatic heterocycles. The Bertz CT molecular complexity index is 1080. The first-order valence-corrected chi connectivity index (χ1v) is 11.3. The summed E-state index contributed by atoms with van der Waals surface area (Å²) < 4.78 is 5.42. The van der Waals surface area contributed by atoms with Crippen molar-refractivity contribution in [3.05, 3.63) is 82.0 Å². The van der Waals surface area contributed by atoms with Crippen molar-refractivity contribution in [3.63, 3.8) is 0 Å². The minimum atomic E-state index is -0.531. The minimum absolute atomic E-state index is 0.0240. The van der Waals surface area contributed by atoms with Crippen LogP contribution in [0.5, 0.6) is 5.75 Å². The fourth-order valence-corrected chi connectivity index (χ4v) is 5.08. The molecule has 4 rings (SSSR count). The van der Waals surface area contributed by atoms with Crippen molar-refractivity contribution in [1.29, 1.82) is 0 Å². The Labute approximate surface area is 186 Å². The van der Waals surface area contributed by atoms with Crippen LogP contribution in [-0.2, 0) is 4.79 Å². The quantitative estimate of drug-likeness (QED) is 0.570. The maximum atomic E-state index is 13.7. The highest BCUT2D eigenvalue weighted by Crippen LogP contribution is 2.45. The molecule has 2 amide bonds. The number of thiophene rings is 1. The number of ether oxygens (including phenoxy) is 1. The van der Waals surface area contributed by atoms with E-state index in [2.05, 4.69) is 19.2 Å². The predicted octanol–water partition coefficient (Wildman–Crippen LogP) is 5.33. The number of anilines is 1. The lowest BCUT2D eigenvalue weighted by Crippen LogP contribution is -2.47. The highest BCUT2D eigenvalue weighted by atomic mass is 32.1. The Morgan fingerprint density at radius 1 is 1.10 bits per heavy atom. The molecule has 2 aromatic carbocycles. The lowest BCUT2D eigenvalue weighted by molar-refractivity contribution is -0.119. The summed E-state index contributed by atoms with van der Waals surface area (Å²) in [5.41, 5.74) is 1.97. The Balaban J connectivity index is 1.82. The van der Waals surface area contributed by atoms with E-state index in [1.165, 1.54) is 0 Å². The van der Waals surface area contributed by atoms with Gasteiger partial charge in [-0.25, -0.2) is 0 Å². The second-order valence-electron chi connectivity index (χ2n) is 8.07. The molecule has 0 aliphatic carbocycles. The third-order valence-corrected chi connectivity index (χ3v) is 6.43.